The number of aliphatic carboxylic acids is 1. The van der Waals surface area contributed by atoms with E-state index in [1.807, 2.05) is 0 Å². The van der Waals surface area contributed by atoms with Gasteiger partial charge in [-0.05, 0) is 29.8 Å². The van der Waals surface area contributed by atoms with Gasteiger partial charge in [0, 0.05) is 5.69 Å². The standard InChI is InChI=1S/C14H11Cl2NO2/c15-11-2-1-3-12(16)14(11)17-10-6-4-9(5-7-10)8-13(18)19/h1-7,17H,8H2,(H,18,19). The number of carboxylic acid groups (broad SMARTS) is 1. The van der Waals surface area contributed by atoms with Gasteiger partial charge in [-0.25, -0.2) is 0 Å². The van der Waals surface area contributed by atoms with Gasteiger partial charge < -0.3 is 10.4 Å². The molecule has 2 aromatic carbocycles. The van der Waals surface area contributed by atoms with E-state index in [2.05, 4.69) is 5.32 Å². The zero-order valence-electron chi connectivity index (χ0n) is 9.86. The maximum Gasteiger partial charge on any atom is 0.307 e. The van der Waals surface area contributed by atoms with Crippen molar-refractivity contribution in [2.45, 2.75) is 6.42 Å². The van der Waals surface area contributed by atoms with E-state index in [0.29, 0.717) is 15.7 Å². The first kappa shape index (κ1) is 13.7. The lowest BCUT2D eigenvalue weighted by molar-refractivity contribution is -0.136. The molecule has 0 aliphatic rings. The molecule has 0 aliphatic heterocycles. The van der Waals surface area contributed by atoms with Gasteiger partial charge in [0.05, 0.1) is 22.2 Å². The zero-order chi connectivity index (χ0) is 13.8. The topological polar surface area (TPSA) is 49.3 Å². The van der Waals surface area contributed by atoms with Crippen molar-refractivity contribution in [3.63, 3.8) is 0 Å². The third-order valence-electron chi connectivity index (χ3n) is 2.54. The van der Waals surface area contributed by atoms with E-state index in [-0.39, 0.29) is 6.42 Å². The van der Waals surface area contributed by atoms with Crippen LogP contribution in [0.2, 0.25) is 10.0 Å². The lowest BCUT2D eigenvalue weighted by Crippen LogP contribution is -2.00. The summed E-state index contributed by atoms with van der Waals surface area (Å²) in [7, 11) is 0. The summed E-state index contributed by atoms with van der Waals surface area (Å²) >= 11 is 12.1. The van der Waals surface area contributed by atoms with Crippen molar-refractivity contribution < 1.29 is 9.90 Å². The van der Waals surface area contributed by atoms with Crippen molar-refractivity contribution >= 4 is 40.5 Å². The number of hydrogen-bond donors (Lipinski definition) is 2. The van der Waals surface area contributed by atoms with E-state index in [4.69, 9.17) is 28.3 Å². The Morgan fingerprint density at radius 3 is 2.16 bits per heavy atom. The Kier molecular flexibility index (Phi) is 4.30. The fourth-order valence-electron chi connectivity index (χ4n) is 1.64. The van der Waals surface area contributed by atoms with Gasteiger partial charge in [-0.2, -0.15) is 0 Å². The fraction of sp³-hybridized carbons (Fsp3) is 0.0714. The molecular weight excluding hydrogens is 285 g/mol. The number of rotatable bonds is 4. The van der Waals surface area contributed by atoms with E-state index < -0.39 is 5.97 Å². The Hall–Kier alpha value is -1.71. The van der Waals surface area contributed by atoms with Gasteiger partial charge in [-0.15, -0.1) is 0 Å². The number of halogens is 2. The molecule has 0 radical (unpaired) electrons. The lowest BCUT2D eigenvalue weighted by atomic mass is 10.1. The van der Waals surface area contributed by atoms with Gasteiger partial charge in [0.1, 0.15) is 0 Å². The highest BCUT2D eigenvalue weighted by Crippen LogP contribution is 2.32. The number of benzene rings is 2. The summed E-state index contributed by atoms with van der Waals surface area (Å²) in [6, 6.07) is 12.3. The first-order valence-electron chi connectivity index (χ1n) is 5.58. The minimum absolute atomic E-state index is 0.00707. The third kappa shape index (κ3) is 3.63. The smallest absolute Gasteiger partial charge is 0.307 e. The van der Waals surface area contributed by atoms with Crippen LogP contribution in [0.1, 0.15) is 5.56 Å². The van der Waals surface area contributed by atoms with Gasteiger partial charge in [-0.1, -0.05) is 41.4 Å². The molecule has 0 aromatic heterocycles. The second-order valence-electron chi connectivity index (χ2n) is 3.99. The summed E-state index contributed by atoms with van der Waals surface area (Å²) in [4.78, 5) is 10.6. The molecule has 0 aliphatic carbocycles. The van der Waals surface area contributed by atoms with Crippen LogP contribution in [0.5, 0.6) is 0 Å². The van der Waals surface area contributed by atoms with E-state index in [1.54, 1.807) is 42.5 Å². The summed E-state index contributed by atoms with van der Waals surface area (Å²) in [6.45, 7) is 0. The molecule has 98 valence electrons. The maximum atomic E-state index is 10.6. The Morgan fingerprint density at radius 2 is 1.63 bits per heavy atom. The summed E-state index contributed by atoms with van der Waals surface area (Å²) in [5.41, 5.74) is 2.17. The lowest BCUT2D eigenvalue weighted by Gasteiger charge is -2.10. The van der Waals surface area contributed by atoms with E-state index in [1.165, 1.54) is 0 Å². The van der Waals surface area contributed by atoms with E-state index in [9.17, 15) is 4.79 Å². The molecule has 0 spiro atoms. The van der Waals surface area contributed by atoms with Crippen LogP contribution in [0.4, 0.5) is 11.4 Å². The molecule has 19 heavy (non-hydrogen) atoms. The monoisotopic (exact) mass is 295 g/mol. The van der Waals surface area contributed by atoms with E-state index >= 15 is 0 Å². The highest BCUT2D eigenvalue weighted by Gasteiger charge is 2.06. The van der Waals surface area contributed by atoms with Crippen molar-refractivity contribution in [3.8, 4) is 0 Å². The molecule has 0 saturated carbocycles. The number of nitrogens with one attached hydrogen (secondary N) is 1. The second-order valence-corrected chi connectivity index (χ2v) is 4.80. The molecule has 0 atom stereocenters. The minimum atomic E-state index is -0.852. The largest absolute Gasteiger partial charge is 0.481 e. The number of carbonyl (C=O) groups is 1. The Labute approximate surface area is 120 Å². The van der Waals surface area contributed by atoms with Crippen molar-refractivity contribution in [2.75, 3.05) is 5.32 Å². The van der Waals surface area contributed by atoms with Gasteiger partial charge >= 0.3 is 5.97 Å². The number of carboxylic acids is 1. The average Bonchev–Trinajstić information content (AvgIpc) is 2.35. The predicted octanol–water partition coefficient (Wildman–Crippen LogP) is 4.36. The van der Waals surface area contributed by atoms with Crippen molar-refractivity contribution in [1.29, 1.82) is 0 Å². The van der Waals surface area contributed by atoms with Crippen LogP contribution in [0.15, 0.2) is 42.5 Å². The number of anilines is 2. The van der Waals surface area contributed by atoms with Gasteiger partial charge in [0.2, 0.25) is 0 Å². The average molecular weight is 296 g/mol. The van der Waals surface area contributed by atoms with Crippen LogP contribution in [0.25, 0.3) is 0 Å². The molecule has 0 saturated heterocycles. The van der Waals surface area contributed by atoms with Crippen molar-refractivity contribution in [3.05, 3.63) is 58.1 Å². The molecule has 0 fully saturated rings. The third-order valence-corrected chi connectivity index (χ3v) is 3.17. The van der Waals surface area contributed by atoms with Gasteiger partial charge in [-0.3, -0.25) is 4.79 Å². The Bertz CT molecular complexity index is 577. The quantitative estimate of drug-likeness (QED) is 0.881. The molecule has 2 rings (SSSR count). The Morgan fingerprint density at radius 1 is 1.05 bits per heavy atom. The Balaban J connectivity index is 2.18. The molecule has 3 nitrogen and oxygen atoms in total. The SMILES string of the molecule is O=C(O)Cc1ccc(Nc2c(Cl)cccc2Cl)cc1. The zero-order valence-corrected chi connectivity index (χ0v) is 11.4. The predicted molar refractivity (Wildman–Crippen MR) is 77.5 cm³/mol. The number of para-hydroxylation sites is 1. The normalized spacial score (nSPS) is 10.2. The highest BCUT2D eigenvalue weighted by molar-refractivity contribution is 6.39. The summed E-state index contributed by atoms with van der Waals surface area (Å²) in [6.07, 6.45) is 0.00707. The van der Waals surface area contributed by atoms with Crippen LogP contribution in [0, 0.1) is 0 Å². The molecule has 0 amide bonds. The maximum absolute atomic E-state index is 10.6. The molecule has 2 aromatic rings. The summed E-state index contributed by atoms with van der Waals surface area (Å²) in [5.74, 6) is -0.852. The second kappa shape index (κ2) is 5.95. The summed E-state index contributed by atoms with van der Waals surface area (Å²) in [5, 5.41) is 12.9. The van der Waals surface area contributed by atoms with Crippen LogP contribution in [-0.4, -0.2) is 11.1 Å². The molecule has 5 heteroatoms. The van der Waals surface area contributed by atoms with Crippen LogP contribution < -0.4 is 5.32 Å². The van der Waals surface area contributed by atoms with E-state index in [0.717, 1.165) is 11.3 Å². The number of hydrogen-bond acceptors (Lipinski definition) is 2. The fourth-order valence-corrected chi connectivity index (χ4v) is 2.13. The highest BCUT2D eigenvalue weighted by atomic mass is 35.5. The van der Waals surface area contributed by atoms with Crippen LogP contribution >= 0.6 is 23.2 Å². The van der Waals surface area contributed by atoms with Crippen molar-refractivity contribution in [2.24, 2.45) is 0 Å². The summed E-state index contributed by atoms with van der Waals surface area (Å²) < 4.78 is 0. The molecule has 0 heterocycles. The molecular formula is C14H11Cl2NO2. The van der Waals surface area contributed by atoms with Crippen LogP contribution in [0.3, 0.4) is 0 Å². The molecule has 0 bridgehead atoms. The minimum Gasteiger partial charge on any atom is -0.481 e. The van der Waals surface area contributed by atoms with Gasteiger partial charge in [0.15, 0.2) is 0 Å². The molecule has 2 N–H and O–H groups in total. The van der Waals surface area contributed by atoms with Crippen molar-refractivity contribution in [1.82, 2.24) is 0 Å². The molecule has 0 unspecified atom stereocenters. The first-order valence-corrected chi connectivity index (χ1v) is 6.33. The van der Waals surface area contributed by atoms with Gasteiger partial charge in [0.25, 0.3) is 0 Å². The first-order chi connectivity index (χ1) is 9.06. The van der Waals surface area contributed by atoms with Crippen LogP contribution in [-0.2, 0) is 11.2 Å².